The minimum absolute atomic E-state index is 0.375. The first kappa shape index (κ1) is 12.5. The summed E-state index contributed by atoms with van der Waals surface area (Å²) in [7, 11) is 0. The Balaban J connectivity index is 2.56. The molecule has 1 aliphatic rings. The van der Waals surface area contributed by atoms with E-state index < -0.39 is 5.97 Å². The summed E-state index contributed by atoms with van der Waals surface area (Å²) in [6.07, 6.45) is 7.93. The lowest BCUT2D eigenvalue weighted by atomic mass is 9.72. The molecule has 0 aromatic rings. The summed E-state index contributed by atoms with van der Waals surface area (Å²) in [5.74, 6) is 1.02. The van der Waals surface area contributed by atoms with Crippen LogP contribution in [0.15, 0.2) is 0 Å². The zero-order valence-electron chi connectivity index (χ0n) is 10.0. The third-order valence-electron chi connectivity index (χ3n) is 4.04. The largest absolute Gasteiger partial charge is 0.481 e. The van der Waals surface area contributed by atoms with E-state index in [0.717, 1.165) is 6.42 Å². The highest BCUT2D eigenvalue weighted by Gasteiger charge is 2.28. The maximum atomic E-state index is 10.9. The Kier molecular flexibility index (Phi) is 5.13. The molecule has 0 aromatic carbocycles. The van der Waals surface area contributed by atoms with Gasteiger partial charge in [0.2, 0.25) is 0 Å². The normalized spacial score (nSPS) is 22.3. The molecule has 2 nitrogen and oxygen atoms in total. The molecule has 2 unspecified atom stereocenters. The van der Waals surface area contributed by atoms with Gasteiger partial charge in [0.15, 0.2) is 0 Å². The monoisotopic (exact) mass is 212 g/mol. The number of aliphatic carboxylic acids is 1. The molecule has 15 heavy (non-hydrogen) atoms. The molecule has 0 aromatic heterocycles. The van der Waals surface area contributed by atoms with E-state index in [1.54, 1.807) is 0 Å². The molecule has 0 amide bonds. The minimum Gasteiger partial charge on any atom is -0.481 e. The zero-order valence-corrected chi connectivity index (χ0v) is 10.0. The van der Waals surface area contributed by atoms with E-state index in [9.17, 15) is 4.79 Å². The van der Waals surface area contributed by atoms with Crippen molar-refractivity contribution in [1.82, 2.24) is 0 Å². The molecule has 0 spiro atoms. The maximum absolute atomic E-state index is 10.9. The van der Waals surface area contributed by atoms with Crippen molar-refractivity contribution in [2.24, 2.45) is 17.8 Å². The molecule has 1 rings (SSSR count). The molecule has 88 valence electrons. The average molecular weight is 212 g/mol. The lowest BCUT2D eigenvalue weighted by Crippen LogP contribution is -2.26. The molecule has 1 N–H and O–H groups in total. The molecular formula is C13H24O2. The predicted octanol–water partition coefficient (Wildman–Crippen LogP) is 3.70. The topological polar surface area (TPSA) is 37.3 Å². The second-order valence-corrected chi connectivity index (χ2v) is 5.05. The fourth-order valence-electron chi connectivity index (χ4n) is 2.90. The second kappa shape index (κ2) is 6.14. The summed E-state index contributed by atoms with van der Waals surface area (Å²) in [6, 6.07) is 0. The van der Waals surface area contributed by atoms with E-state index in [-0.39, 0.29) is 0 Å². The van der Waals surface area contributed by atoms with Crippen molar-refractivity contribution in [3.63, 3.8) is 0 Å². The van der Waals surface area contributed by atoms with Crippen molar-refractivity contribution >= 4 is 5.97 Å². The zero-order chi connectivity index (χ0) is 11.3. The van der Waals surface area contributed by atoms with Gasteiger partial charge in [0.25, 0.3) is 0 Å². The highest BCUT2D eigenvalue weighted by molar-refractivity contribution is 5.67. The first-order valence-electron chi connectivity index (χ1n) is 6.37. The molecule has 0 aliphatic heterocycles. The van der Waals surface area contributed by atoms with E-state index >= 15 is 0 Å². The van der Waals surface area contributed by atoms with Crippen molar-refractivity contribution in [1.29, 1.82) is 0 Å². The van der Waals surface area contributed by atoms with Crippen molar-refractivity contribution < 1.29 is 9.90 Å². The molecule has 0 heterocycles. The summed E-state index contributed by atoms with van der Waals surface area (Å²) in [5, 5.41) is 8.96. The molecule has 2 atom stereocenters. The fourth-order valence-corrected chi connectivity index (χ4v) is 2.90. The molecule has 0 radical (unpaired) electrons. The maximum Gasteiger partial charge on any atom is 0.303 e. The van der Waals surface area contributed by atoms with E-state index in [4.69, 9.17) is 5.11 Å². The summed E-state index contributed by atoms with van der Waals surface area (Å²) in [6.45, 7) is 4.38. The Bertz CT molecular complexity index is 195. The Morgan fingerprint density at radius 1 is 1.33 bits per heavy atom. The first-order valence-corrected chi connectivity index (χ1v) is 6.37. The van der Waals surface area contributed by atoms with Gasteiger partial charge in [-0.3, -0.25) is 4.79 Å². The number of hydrogen-bond donors (Lipinski definition) is 1. The van der Waals surface area contributed by atoms with E-state index in [1.165, 1.54) is 32.1 Å². The number of carboxylic acids is 1. The van der Waals surface area contributed by atoms with Crippen molar-refractivity contribution in [3.05, 3.63) is 0 Å². The standard InChI is InChI=1S/C13H24O2/c1-3-10(2)12(9-13(14)15)11-7-5-4-6-8-11/h10-12H,3-9H2,1-2H3,(H,14,15). The smallest absolute Gasteiger partial charge is 0.303 e. The van der Waals surface area contributed by atoms with E-state index in [2.05, 4.69) is 13.8 Å². The summed E-state index contributed by atoms with van der Waals surface area (Å²) in [5.41, 5.74) is 0. The SMILES string of the molecule is CCC(C)C(CC(=O)O)C1CCCCC1. The van der Waals surface area contributed by atoms with Crippen LogP contribution in [0.25, 0.3) is 0 Å². The number of hydrogen-bond acceptors (Lipinski definition) is 1. The molecule has 1 saturated carbocycles. The van der Waals surface area contributed by atoms with E-state index in [0.29, 0.717) is 24.2 Å². The van der Waals surface area contributed by atoms with Crippen LogP contribution < -0.4 is 0 Å². The van der Waals surface area contributed by atoms with Crippen LogP contribution in [0.5, 0.6) is 0 Å². The molecule has 1 aliphatic carbocycles. The van der Waals surface area contributed by atoms with Gasteiger partial charge in [0, 0.05) is 6.42 Å². The number of rotatable bonds is 5. The quantitative estimate of drug-likeness (QED) is 0.754. The van der Waals surface area contributed by atoms with Gasteiger partial charge in [0.1, 0.15) is 0 Å². The lowest BCUT2D eigenvalue weighted by molar-refractivity contribution is -0.139. The van der Waals surface area contributed by atoms with Gasteiger partial charge < -0.3 is 5.11 Å². The Morgan fingerprint density at radius 2 is 1.93 bits per heavy atom. The Hall–Kier alpha value is -0.530. The lowest BCUT2D eigenvalue weighted by Gasteiger charge is -2.33. The molecule has 2 heteroatoms. The molecule has 0 bridgehead atoms. The van der Waals surface area contributed by atoms with Crippen LogP contribution in [-0.2, 0) is 4.79 Å². The summed E-state index contributed by atoms with van der Waals surface area (Å²) >= 11 is 0. The molecular weight excluding hydrogens is 188 g/mol. The van der Waals surface area contributed by atoms with Gasteiger partial charge in [0.05, 0.1) is 0 Å². The third-order valence-corrected chi connectivity index (χ3v) is 4.04. The minimum atomic E-state index is -0.620. The predicted molar refractivity (Wildman–Crippen MR) is 61.8 cm³/mol. The van der Waals surface area contributed by atoms with Gasteiger partial charge in [-0.25, -0.2) is 0 Å². The van der Waals surface area contributed by atoms with Crippen LogP contribution in [0.4, 0.5) is 0 Å². The van der Waals surface area contributed by atoms with Crippen molar-refractivity contribution in [2.75, 3.05) is 0 Å². The fraction of sp³-hybridized carbons (Fsp3) is 0.923. The van der Waals surface area contributed by atoms with Crippen LogP contribution in [0.2, 0.25) is 0 Å². The Morgan fingerprint density at radius 3 is 2.40 bits per heavy atom. The van der Waals surface area contributed by atoms with Crippen LogP contribution in [0, 0.1) is 17.8 Å². The highest BCUT2D eigenvalue weighted by Crippen LogP contribution is 2.36. The van der Waals surface area contributed by atoms with Crippen molar-refractivity contribution in [3.8, 4) is 0 Å². The van der Waals surface area contributed by atoms with Crippen LogP contribution in [0.1, 0.15) is 58.8 Å². The second-order valence-electron chi connectivity index (χ2n) is 5.05. The van der Waals surface area contributed by atoms with Crippen LogP contribution in [-0.4, -0.2) is 11.1 Å². The van der Waals surface area contributed by atoms with Crippen LogP contribution >= 0.6 is 0 Å². The number of carboxylic acid groups (broad SMARTS) is 1. The summed E-state index contributed by atoms with van der Waals surface area (Å²) < 4.78 is 0. The third kappa shape index (κ3) is 3.84. The van der Waals surface area contributed by atoms with E-state index in [1.807, 2.05) is 0 Å². The average Bonchev–Trinajstić information content (AvgIpc) is 2.26. The highest BCUT2D eigenvalue weighted by atomic mass is 16.4. The van der Waals surface area contributed by atoms with Gasteiger partial charge in [-0.05, 0) is 17.8 Å². The molecule has 0 saturated heterocycles. The van der Waals surface area contributed by atoms with Gasteiger partial charge in [-0.2, -0.15) is 0 Å². The Labute approximate surface area is 93.1 Å². The van der Waals surface area contributed by atoms with Crippen LogP contribution in [0.3, 0.4) is 0 Å². The molecule has 1 fully saturated rings. The van der Waals surface area contributed by atoms with Gasteiger partial charge in [-0.1, -0.05) is 52.4 Å². The first-order chi connectivity index (χ1) is 7.15. The van der Waals surface area contributed by atoms with Gasteiger partial charge in [-0.15, -0.1) is 0 Å². The van der Waals surface area contributed by atoms with Gasteiger partial charge >= 0.3 is 5.97 Å². The summed E-state index contributed by atoms with van der Waals surface area (Å²) in [4.78, 5) is 10.9. The van der Waals surface area contributed by atoms with Crippen molar-refractivity contribution in [2.45, 2.75) is 58.8 Å². The number of carbonyl (C=O) groups is 1.